The van der Waals surface area contributed by atoms with Crippen LogP contribution in [0.1, 0.15) is 0 Å². The van der Waals surface area contributed by atoms with Gasteiger partial charge in [0.15, 0.2) is 11.6 Å². The monoisotopic (exact) mass is 531 g/mol. The summed E-state index contributed by atoms with van der Waals surface area (Å²) < 4.78 is 3.28. The van der Waals surface area contributed by atoms with Crippen LogP contribution < -0.4 is 0 Å². The molecule has 0 saturated heterocycles. The summed E-state index contributed by atoms with van der Waals surface area (Å²) in [5.41, 5.74) is 5.96. The van der Waals surface area contributed by atoms with Crippen molar-refractivity contribution in [3.8, 4) is 39.3 Å². The number of aromatic nitrogens is 5. The van der Waals surface area contributed by atoms with Gasteiger partial charge >= 0.3 is 0 Å². The van der Waals surface area contributed by atoms with Crippen molar-refractivity contribution in [3.63, 3.8) is 0 Å². The molecule has 0 atom stereocenters. The molecular formula is C34H21N5S. The average Bonchev–Trinajstić information content (AvgIpc) is 3.62. The minimum absolute atomic E-state index is 0.570. The molecule has 0 N–H and O–H groups in total. The summed E-state index contributed by atoms with van der Waals surface area (Å²) in [5.74, 6) is 1.83. The fourth-order valence-electron chi connectivity index (χ4n) is 5.25. The molecule has 0 aliphatic heterocycles. The first-order valence-electron chi connectivity index (χ1n) is 13.1. The number of fused-ring (bicyclic) bond motifs is 5. The lowest BCUT2D eigenvalue weighted by Crippen LogP contribution is -2.06. The molecule has 8 rings (SSSR count). The second-order valence-corrected chi connectivity index (χ2v) is 10.6. The van der Waals surface area contributed by atoms with Crippen LogP contribution in [0.2, 0.25) is 0 Å². The van der Waals surface area contributed by atoms with Gasteiger partial charge in [0.05, 0.1) is 15.7 Å². The first-order chi connectivity index (χ1) is 19.8. The van der Waals surface area contributed by atoms with Gasteiger partial charge in [0.25, 0.3) is 0 Å². The number of rotatable bonds is 4. The smallest absolute Gasteiger partial charge is 0.238 e. The number of hydrogen-bond acceptors (Lipinski definition) is 5. The van der Waals surface area contributed by atoms with Crippen LogP contribution in [0.25, 0.3) is 71.3 Å². The topological polar surface area (TPSA) is 56.5 Å². The summed E-state index contributed by atoms with van der Waals surface area (Å²) in [6.45, 7) is 0. The molecule has 0 aliphatic carbocycles. The van der Waals surface area contributed by atoms with E-state index >= 15 is 0 Å². The number of para-hydroxylation sites is 1. The van der Waals surface area contributed by atoms with E-state index in [0.29, 0.717) is 17.6 Å². The molecule has 0 unspecified atom stereocenters. The minimum atomic E-state index is 0.570. The Morgan fingerprint density at radius 1 is 0.475 bits per heavy atom. The zero-order valence-corrected chi connectivity index (χ0v) is 22.1. The number of benzene rings is 5. The van der Waals surface area contributed by atoms with Crippen molar-refractivity contribution in [1.29, 1.82) is 0 Å². The van der Waals surface area contributed by atoms with E-state index in [4.69, 9.17) is 19.9 Å². The number of thiazole rings is 1. The van der Waals surface area contributed by atoms with Crippen molar-refractivity contribution < 1.29 is 0 Å². The maximum Gasteiger partial charge on any atom is 0.238 e. The van der Waals surface area contributed by atoms with Gasteiger partial charge in [-0.25, -0.2) is 9.97 Å². The Morgan fingerprint density at radius 3 is 1.70 bits per heavy atom. The van der Waals surface area contributed by atoms with Crippen molar-refractivity contribution in [2.24, 2.45) is 0 Å². The molecule has 6 heteroatoms. The lowest BCUT2D eigenvalue weighted by atomic mass is 10.1. The molecule has 0 amide bonds. The van der Waals surface area contributed by atoms with Crippen LogP contribution >= 0.6 is 11.3 Å². The van der Waals surface area contributed by atoms with Crippen molar-refractivity contribution in [2.45, 2.75) is 0 Å². The normalized spacial score (nSPS) is 11.5. The zero-order valence-electron chi connectivity index (χ0n) is 21.3. The summed E-state index contributed by atoms with van der Waals surface area (Å²) in [4.78, 5) is 20.2. The van der Waals surface area contributed by atoms with Crippen molar-refractivity contribution >= 4 is 43.4 Å². The van der Waals surface area contributed by atoms with Crippen LogP contribution in [0.15, 0.2) is 127 Å². The Morgan fingerprint density at radius 2 is 1.05 bits per heavy atom. The van der Waals surface area contributed by atoms with E-state index in [1.165, 1.54) is 0 Å². The molecule has 0 saturated carbocycles. The molecule has 0 aliphatic rings. The Balaban J connectivity index is 1.47. The highest BCUT2D eigenvalue weighted by atomic mass is 32.1. The predicted molar refractivity (Wildman–Crippen MR) is 164 cm³/mol. The fraction of sp³-hybridized carbons (Fsp3) is 0. The summed E-state index contributed by atoms with van der Waals surface area (Å²) >= 11 is 1.70. The van der Waals surface area contributed by atoms with Crippen LogP contribution in [-0.2, 0) is 0 Å². The molecule has 40 heavy (non-hydrogen) atoms. The predicted octanol–water partition coefficient (Wildman–Crippen LogP) is 8.58. The Labute approximate surface area is 234 Å². The third kappa shape index (κ3) is 3.69. The van der Waals surface area contributed by atoms with Crippen molar-refractivity contribution in [1.82, 2.24) is 24.5 Å². The number of hydrogen-bond donors (Lipinski definition) is 0. The Bertz CT molecular complexity index is 2090. The van der Waals surface area contributed by atoms with Crippen LogP contribution in [0, 0.1) is 0 Å². The van der Waals surface area contributed by atoms with Gasteiger partial charge in [-0.1, -0.05) is 115 Å². The molecule has 5 nitrogen and oxygen atoms in total. The lowest BCUT2D eigenvalue weighted by molar-refractivity contribution is 0.954. The van der Waals surface area contributed by atoms with Gasteiger partial charge in [0.2, 0.25) is 5.95 Å². The molecule has 3 aromatic heterocycles. The molecule has 0 fully saturated rings. The van der Waals surface area contributed by atoms with Crippen molar-refractivity contribution in [3.05, 3.63) is 127 Å². The van der Waals surface area contributed by atoms with Crippen LogP contribution in [-0.4, -0.2) is 24.5 Å². The highest BCUT2D eigenvalue weighted by Crippen LogP contribution is 2.39. The average molecular weight is 532 g/mol. The molecule has 8 aromatic rings. The summed E-state index contributed by atoms with van der Waals surface area (Å²) in [7, 11) is 0. The van der Waals surface area contributed by atoms with Crippen LogP contribution in [0.3, 0.4) is 0 Å². The number of nitrogens with zero attached hydrogens (tertiary/aromatic N) is 5. The highest BCUT2D eigenvalue weighted by Gasteiger charge is 2.21. The summed E-state index contributed by atoms with van der Waals surface area (Å²) in [6.07, 6.45) is 0. The maximum atomic E-state index is 5.18. The van der Waals surface area contributed by atoms with E-state index in [0.717, 1.165) is 53.7 Å². The molecule has 0 radical (unpaired) electrons. The quantitative estimate of drug-likeness (QED) is 0.228. The molecule has 3 heterocycles. The largest absolute Gasteiger partial charge is 0.276 e. The maximum absolute atomic E-state index is 5.18. The molecule has 5 aromatic carbocycles. The van der Waals surface area contributed by atoms with E-state index in [1.54, 1.807) is 11.3 Å². The molecule has 0 bridgehead atoms. The first kappa shape index (κ1) is 22.8. The van der Waals surface area contributed by atoms with E-state index in [9.17, 15) is 0 Å². The van der Waals surface area contributed by atoms with E-state index < -0.39 is 0 Å². The van der Waals surface area contributed by atoms with Gasteiger partial charge in [0, 0.05) is 27.5 Å². The van der Waals surface area contributed by atoms with Gasteiger partial charge in [-0.15, -0.1) is 11.3 Å². The lowest BCUT2D eigenvalue weighted by Gasteiger charge is -2.11. The van der Waals surface area contributed by atoms with Crippen molar-refractivity contribution in [2.75, 3.05) is 0 Å². The molecule has 188 valence electrons. The van der Waals surface area contributed by atoms with Gasteiger partial charge in [0.1, 0.15) is 10.5 Å². The Kier molecular flexibility index (Phi) is 5.24. The van der Waals surface area contributed by atoms with Crippen LogP contribution in [0.5, 0.6) is 0 Å². The zero-order chi connectivity index (χ0) is 26.5. The third-order valence-electron chi connectivity index (χ3n) is 7.10. The standard InChI is InChI=1S/C34H21N5S/c1-4-12-22(13-5-1)31-36-32(23-14-6-2-7-15-23)38-34(37-31)39-27-19-11-10-18-25(27)26-20-21-28-29(30(26)39)35-33(40-28)24-16-8-3-9-17-24/h1-21H. The van der Waals surface area contributed by atoms with Crippen LogP contribution in [0.4, 0.5) is 0 Å². The first-order valence-corrected chi connectivity index (χ1v) is 13.9. The summed E-state index contributed by atoms with van der Waals surface area (Å²) in [5, 5.41) is 3.25. The Hall–Kier alpha value is -5.20. The molecular weight excluding hydrogens is 510 g/mol. The van der Waals surface area contributed by atoms with E-state index in [2.05, 4.69) is 65.2 Å². The van der Waals surface area contributed by atoms with Gasteiger partial charge in [-0.05, 0) is 12.1 Å². The van der Waals surface area contributed by atoms with E-state index in [-0.39, 0.29) is 0 Å². The van der Waals surface area contributed by atoms with E-state index in [1.807, 2.05) is 66.7 Å². The second-order valence-electron chi connectivity index (χ2n) is 9.56. The minimum Gasteiger partial charge on any atom is -0.276 e. The van der Waals surface area contributed by atoms with Gasteiger partial charge < -0.3 is 0 Å². The third-order valence-corrected chi connectivity index (χ3v) is 8.17. The highest BCUT2D eigenvalue weighted by molar-refractivity contribution is 7.21. The van der Waals surface area contributed by atoms with Gasteiger partial charge in [-0.2, -0.15) is 9.97 Å². The molecule has 0 spiro atoms. The SMILES string of the molecule is c1ccc(-c2nc(-c3ccccc3)nc(-n3c4ccccc4c4ccc5sc(-c6ccccc6)nc5c43)n2)cc1. The fourth-order valence-corrected chi connectivity index (χ4v) is 6.22. The van der Waals surface area contributed by atoms with Gasteiger partial charge in [-0.3, -0.25) is 4.57 Å². The summed E-state index contributed by atoms with van der Waals surface area (Å²) in [6, 6.07) is 43.3. The second kappa shape index (κ2) is 9.22.